The van der Waals surface area contributed by atoms with Crippen LogP contribution in [0.3, 0.4) is 0 Å². The maximum atomic E-state index is 4.90. The molecule has 0 aromatic heterocycles. The van der Waals surface area contributed by atoms with Gasteiger partial charge in [-0.25, -0.2) is 0 Å². The summed E-state index contributed by atoms with van der Waals surface area (Å²) in [4.78, 5) is 0. The molecule has 5 aliphatic carbocycles. The summed E-state index contributed by atoms with van der Waals surface area (Å²) in [5, 5.41) is 0. The molecule has 3 unspecified atom stereocenters. The predicted octanol–water partition coefficient (Wildman–Crippen LogP) is 10.5. The molecule has 0 heterocycles. The van der Waals surface area contributed by atoms with Crippen molar-refractivity contribution in [2.45, 2.75) is 110 Å². The summed E-state index contributed by atoms with van der Waals surface area (Å²) in [6.45, 7) is 17.0. The lowest BCUT2D eigenvalue weighted by atomic mass is 9.59. The van der Waals surface area contributed by atoms with Crippen LogP contribution in [-0.4, -0.2) is 0 Å². The minimum atomic E-state index is 0.585. The van der Waals surface area contributed by atoms with Crippen LogP contribution in [0.5, 0.6) is 0 Å². The molecule has 2 aromatic rings. The maximum absolute atomic E-state index is 4.90. The van der Waals surface area contributed by atoms with E-state index in [9.17, 15) is 0 Å². The van der Waals surface area contributed by atoms with Crippen molar-refractivity contribution in [2.75, 3.05) is 0 Å². The molecule has 2 bridgehead atoms. The van der Waals surface area contributed by atoms with Gasteiger partial charge in [-0.2, -0.15) is 0 Å². The summed E-state index contributed by atoms with van der Waals surface area (Å²) in [6.07, 6.45) is 13.2. The molecule has 0 aliphatic heterocycles. The third kappa shape index (κ3) is 3.95. The summed E-state index contributed by atoms with van der Waals surface area (Å²) in [5.74, 6) is 5.35. The van der Waals surface area contributed by atoms with E-state index in [1.165, 1.54) is 73.6 Å². The van der Waals surface area contributed by atoms with Gasteiger partial charge < -0.3 is 0 Å². The zero-order chi connectivity index (χ0) is 25.1. The Balaban J connectivity index is 1.51. The molecule has 7 rings (SSSR count). The van der Waals surface area contributed by atoms with Crippen LogP contribution in [0.25, 0.3) is 11.6 Å². The van der Waals surface area contributed by atoms with Crippen molar-refractivity contribution in [3.8, 4) is 0 Å². The Kier molecular flexibility index (Phi) is 6.30. The highest BCUT2D eigenvalue weighted by atomic mass is 14.5. The van der Waals surface area contributed by atoms with Crippen molar-refractivity contribution >= 4 is 11.6 Å². The van der Waals surface area contributed by atoms with E-state index >= 15 is 0 Å². The first-order valence-corrected chi connectivity index (χ1v) is 15.0. The van der Waals surface area contributed by atoms with Crippen LogP contribution in [0.4, 0.5) is 0 Å². The van der Waals surface area contributed by atoms with E-state index in [4.69, 9.17) is 6.58 Å². The third-order valence-corrected chi connectivity index (χ3v) is 10.9. The lowest BCUT2D eigenvalue weighted by Crippen LogP contribution is -2.30. The van der Waals surface area contributed by atoms with Gasteiger partial charge in [0.1, 0.15) is 0 Å². The molecule has 2 aromatic carbocycles. The smallest absolute Gasteiger partial charge is 0.0114 e. The Morgan fingerprint density at radius 1 is 1.00 bits per heavy atom. The van der Waals surface area contributed by atoms with Crippen LogP contribution in [0, 0.1) is 24.7 Å². The Morgan fingerprint density at radius 2 is 1.72 bits per heavy atom. The van der Waals surface area contributed by atoms with Gasteiger partial charge in [-0.05, 0) is 150 Å². The molecule has 3 saturated carbocycles. The van der Waals surface area contributed by atoms with Crippen LogP contribution in [-0.2, 0) is 0 Å². The molecular formula is C36H46. The van der Waals surface area contributed by atoms with Crippen molar-refractivity contribution in [3.63, 3.8) is 0 Å². The fraction of sp³-hybridized carbons (Fsp3) is 0.556. The largest absolute Gasteiger partial charge is 0.0909 e. The minimum Gasteiger partial charge on any atom is -0.0909 e. The van der Waals surface area contributed by atoms with Gasteiger partial charge in [-0.3, -0.25) is 0 Å². The van der Waals surface area contributed by atoms with Crippen molar-refractivity contribution in [2.24, 2.45) is 17.8 Å². The fourth-order valence-corrected chi connectivity index (χ4v) is 8.04. The second-order valence-electron chi connectivity index (χ2n) is 13.2. The van der Waals surface area contributed by atoms with Crippen LogP contribution in [0.2, 0.25) is 0 Å². The van der Waals surface area contributed by atoms with Crippen LogP contribution in [0.15, 0.2) is 42.5 Å². The number of allylic oxidation sites excluding steroid dienone is 2. The van der Waals surface area contributed by atoms with E-state index in [1.807, 2.05) is 0 Å². The predicted molar refractivity (Wildman–Crippen MR) is 156 cm³/mol. The molecule has 0 heteroatoms. The number of rotatable bonds is 5. The lowest BCUT2D eigenvalue weighted by Gasteiger charge is -2.45. The van der Waals surface area contributed by atoms with Crippen LogP contribution >= 0.6 is 0 Å². The first kappa shape index (κ1) is 24.3. The monoisotopic (exact) mass is 478 g/mol. The van der Waals surface area contributed by atoms with E-state index in [2.05, 4.69) is 71.0 Å². The summed E-state index contributed by atoms with van der Waals surface area (Å²) in [5.41, 5.74) is 14.0. The SMILES string of the molecule is C=C1C(=Cc2ccccc2C(C)CC)CC2CC(C2)c2cc(C3CC(C)C3)c(C)c(C3CCC3C)c21. The highest BCUT2D eigenvalue weighted by Crippen LogP contribution is 2.57. The molecule has 0 saturated heterocycles. The molecule has 0 N–H and O–H groups in total. The van der Waals surface area contributed by atoms with E-state index in [0.717, 1.165) is 35.5 Å². The van der Waals surface area contributed by atoms with Gasteiger partial charge in [0.25, 0.3) is 0 Å². The number of benzene rings is 2. The Bertz CT molecular complexity index is 1200. The van der Waals surface area contributed by atoms with Gasteiger partial charge in [0.2, 0.25) is 0 Å². The Morgan fingerprint density at radius 3 is 2.36 bits per heavy atom. The molecule has 0 amide bonds. The van der Waals surface area contributed by atoms with Crippen LogP contribution in [0.1, 0.15) is 142 Å². The summed E-state index contributed by atoms with van der Waals surface area (Å²) in [7, 11) is 0. The molecule has 3 atom stereocenters. The molecular weight excluding hydrogens is 432 g/mol. The molecule has 36 heavy (non-hydrogen) atoms. The first-order chi connectivity index (χ1) is 17.4. The van der Waals surface area contributed by atoms with Crippen molar-refractivity contribution < 1.29 is 0 Å². The highest BCUT2D eigenvalue weighted by molar-refractivity contribution is 5.88. The normalized spacial score (nSPS) is 33.0. The van der Waals surface area contributed by atoms with Gasteiger partial charge in [0.15, 0.2) is 0 Å². The van der Waals surface area contributed by atoms with Gasteiger partial charge in [0.05, 0.1) is 0 Å². The quantitative estimate of drug-likeness (QED) is 0.401. The number of hydrogen-bond acceptors (Lipinski definition) is 0. The van der Waals surface area contributed by atoms with Gasteiger partial charge in [0, 0.05) is 0 Å². The van der Waals surface area contributed by atoms with E-state index in [-0.39, 0.29) is 0 Å². The molecule has 0 spiro atoms. The van der Waals surface area contributed by atoms with E-state index in [0.29, 0.717) is 5.92 Å². The molecule has 0 nitrogen and oxygen atoms in total. The molecule has 3 fully saturated rings. The Hall–Kier alpha value is -2.08. The van der Waals surface area contributed by atoms with Gasteiger partial charge >= 0.3 is 0 Å². The van der Waals surface area contributed by atoms with E-state index in [1.54, 1.807) is 27.8 Å². The molecule has 190 valence electrons. The zero-order valence-electron chi connectivity index (χ0n) is 23.4. The maximum Gasteiger partial charge on any atom is -0.0114 e. The van der Waals surface area contributed by atoms with Crippen LogP contribution < -0.4 is 0 Å². The molecule has 0 radical (unpaired) electrons. The topological polar surface area (TPSA) is 0 Å². The zero-order valence-corrected chi connectivity index (χ0v) is 23.4. The first-order valence-electron chi connectivity index (χ1n) is 15.0. The van der Waals surface area contributed by atoms with Gasteiger partial charge in [-0.15, -0.1) is 0 Å². The molecule has 5 aliphatic rings. The highest BCUT2D eigenvalue weighted by Gasteiger charge is 2.41. The average molecular weight is 479 g/mol. The van der Waals surface area contributed by atoms with Gasteiger partial charge in [-0.1, -0.05) is 70.7 Å². The second kappa shape index (κ2) is 9.34. The lowest BCUT2D eigenvalue weighted by molar-refractivity contribution is 0.255. The standard InChI is InChI=1S/C36H46/c1-7-22(3)31-11-9-8-10-27(31)19-28-16-26-17-30(18-26)34-20-33(29-14-21(2)15-29)25(6)36(35(34)24(28)5)32-13-12-23(32)4/h8-11,19-23,26,29-30,32H,5,7,12-18H2,1-4,6H3. The average Bonchev–Trinajstić information content (AvgIpc) is 2.82. The van der Waals surface area contributed by atoms with Crippen molar-refractivity contribution in [3.05, 3.63) is 81.4 Å². The Labute approximate surface area is 220 Å². The second-order valence-corrected chi connectivity index (χ2v) is 13.2. The van der Waals surface area contributed by atoms with Crippen molar-refractivity contribution in [1.29, 1.82) is 0 Å². The summed E-state index contributed by atoms with van der Waals surface area (Å²) < 4.78 is 0. The van der Waals surface area contributed by atoms with E-state index < -0.39 is 0 Å². The number of hydrogen-bond donors (Lipinski definition) is 0. The minimum absolute atomic E-state index is 0.585. The third-order valence-electron chi connectivity index (χ3n) is 10.9. The summed E-state index contributed by atoms with van der Waals surface area (Å²) in [6, 6.07) is 11.8. The fourth-order valence-electron chi connectivity index (χ4n) is 8.04. The van der Waals surface area contributed by atoms with Crippen molar-refractivity contribution in [1.82, 2.24) is 0 Å². The summed E-state index contributed by atoms with van der Waals surface area (Å²) >= 11 is 0. The number of fused-ring (bicyclic) bond motifs is 2.